The van der Waals surface area contributed by atoms with Crippen molar-refractivity contribution in [1.29, 1.82) is 0 Å². The van der Waals surface area contributed by atoms with Gasteiger partial charge in [0.05, 0.1) is 12.4 Å². The summed E-state index contributed by atoms with van der Waals surface area (Å²) in [6, 6.07) is 0. The van der Waals surface area contributed by atoms with Crippen LogP contribution in [0.3, 0.4) is 0 Å². The summed E-state index contributed by atoms with van der Waals surface area (Å²) in [4.78, 5) is 0. The van der Waals surface area contributed by atoms with E-state index in [1.807, 2.05) is 0 Å². The highest BCUT2D eigenvalue weighted by Gasteiger charge is 2.07. The number of rotatable bonds is 4. The first-order valence-electron chi connectivity index (χ1n) is 2.24. The summed E-state index contributed by atoms with van der Waals surface area (Å²) < 4.78 is 46.0. The largest absolute Gasteiger partial charge is 0.345 e. The van der Waals surface area contributed by atoms with Crippen molar-refractivity contribution < 1.29 is 21.9 Å². The second kappa shape index (κ2) is 4.05. The molecule has 7 heteroatoms. The minimum absolute atomic E-state index is 0.580. The molecule has 0 aromatic rings. The van der Waals surface area contributed by atoms with Crippen molar-refractivity contribution in [2.45, 2.75) is 6.61 Å². The van der Waals surface area contributed by atoms with E-state index in [2.05, 4.69) is 15.4 Å². The molecule has 0 atom stereocenters. The van der Waals surface area contributed by atoms with E-state index in [0.29, 0.717) is 0 Å². The summed E-state index contributed by atoms with van der Waals surface area (Å²) in [6.45, 7) is -3.53. The Kier molecular flexibility index (Phi) is 4.07. The maximum absolute atomic E-state index is 11.1. The normalized spacial score (nSPS) is 12.4. The van der Waals surface area contributed by atoms with Crippen molar-refractivity contribution >= 4 is 19.7 Å². The molecule has 0 bridgehead atoms. The third-order valence-electron chi connectivity index (χ3n) is 0.571. The molecule has 0 heterocycles. The highest BCUT2D eigenvalue weighted by atomic mass is 35.7. The van der Waals surface area contributed by atoms with Crippen LogP contribution in [0.5, 0.6) is 0 Å². The first-order chi connectivity index (χ1) is 4.42. The van der Waals surface area contributed by atoms with Gasteiger partial charge >= 0.3 is 6.61 Å². The van der Waals surface area contributed by atoms with Crippen LogP contribution in [0.15, 0.2) is 0 Å². The summed E-state index contributed by atoms with van der Waals surface area (Å²) in [5, 5.41) is 0. The number of hydrogen-bond donors (Lipinski definition) is 0. The molecule has 0 rings (SSSR count). The van der Waals surface area contributed by atoms with Crippen LogP contribution in [0.4, 0.5) is 8.78 Å². The van der Waals surface area contributed by atoms with Crippen molar-refractivity contribution in [2.75, 3.05) is 12.4 Å². The van der Waals surface area contributed by atoms with E-state index in [1.165, 1.54) is 0 Å². The second-order valence-corrected chi connectivity index (χ2v) is 4.27. The van der Waals surface area contributed by atoms with Gasteiger partial charge < -0.3 is 4.74 Å². The molecule has 0 N–H and O–H groups in total. The Balaban J connectivity index is 3.39. The Hall–Kier alpha value is 0.0600. The van der Waals surface area contributed by atoms with Crippen LogP contribution in [0, 0.1) is 0 Å². The molecule has 0 aliphatic carbocycles. The van der Waals surface area contributed by atoms with E-state index in [4.69, 9.17) is 0 Å². The molecule has 0 unspecified atom stereocenters. The summed E-state index contributed by atoms with van der Waals surface area (Å²) in [6.07, 6.45) is 0. The highest BCUT2D eigenvalue weighted by Crippen LogP contribution is 1.99. The highest BCUT2D eigenvalue weighted by molar-refractivity contribution is 8.13. The van der Waals surface area contributed by atoms with E-state index < -0.39 is 28.0 Å². The molecule has 0 spiro atoms. The lowest BCUT2D eigenvalue weighted by molar-refractivity contribution is -0.123. The minimum atomic E-state index is -3.71. The molecule has 0 amide bonds. The van der Waals surface area contributed by atoms with Crippen LogP contribution < -0.4 is 0 Å². The van der Waals surface area contributed by atoms with E-state index in [1.54, 1.807) is 0 Å². The van der Waals surface area contributed by atoms with Crippen molar-refractivity contribution in [1.82, 2.24) is 0 Å². The van der Waals surface area contributed by atoms with Gasteiger partial charge in [0.1, 0.15) is 0 Å². The molecule has 0 saturated carbocycles. The fraction of sp³-hybridized carbons (Fsp3) is 1.00. The number of ether oxygens (including phenoxy) is 1. The number of alkyl halides is 2. The molecular weight excluding hydrogens is 190 g/mol. The molecule has 0 aromatic carbocycles. The van der Waals surface area contributed by atoms with Crippen LogP contribution in [-0.2, 0) is 13.8 Å². The van der Waals surface area contributed by atoms with Crippen molar-refractivity contribution in [2.24, 2.45) is 0 Å². The van der Waals surface area contributed by atoms with E-state index in [9.17, 15) is 17.2 Å². The molecule has 0 aromatic heterocycles. The standard InChI is InChI=1S/C3H5ClF2O3S/c4-10(7,8)2-1-9-3(5)6/h3H,1-2H2. The summed E-state index contributed by atoms with van der Waals surface area (Å²) in [5.74, 6) is -0.598. The lowest BCUT2D eigenvalue weighted by Crippen LogP contribution is -2.09. The fourth-order valence-electron chi connectivity index (χ4n) is 0.237. The van der Waals surface area contributed by atoms with Crippen LogP contribution in [0.2, 0.25) is 0 Å². The predicted octanol–water partition coefficient (Wildman–Crippen LogP) is 0.794. The van der Waals surface area contributed by atoms with Gasteiger partial charge in [0.15, 0.2) is 0 Å². The number of halogens is 3. The average molecular weight is 195 g/mol. The lowest BCUT2D eigenvalue weighted by Gasteiger charge is -1.98. The predicted molar refractivity (Wildman–Crippen MR) is 31.6 cm³/mol. The SMILES string of the molecule is O=S(=O)(Cl)CCOC(F)F. The molecular formula is C3H5ClF2O3S. The van der Waals surface area contributed by atoms with Gasteiger partial charge in [-0.3, -0.25) is 0 Å². The first kappa shape index (κ1) is 10.1. The van der Waals surface area contributed by atoms with Crippen LogP contribution in [0.1, 0.15) is 0 Å². The van der Waals surface area contributed by atoms with Crippen molar-refractivity contribution in [3.8, 4) is 0 Å². The Morgan fingerprint density at radius 3 is 2.30 bits per heavy atom. The zero-order valence-corrected chi connectivity index (χ0v) is 6.33. The maximum Gasteiger partial charge on any atom is 0.345 e. The Labute approximate surface area is 61.3 Å². The monoisotopic (exact) mass is 194 g/mol. The van der Waals surface area contributed by atoms with Crippen LogP contribution >= 0.6 is 10.7 Å². The van der Waals surface area contributed by atoms with Gasteiger partial charge in [0, 0.05) is 10.7 Å². The van der Waals surface area contributed by atoms with Gasteiger partial charge in [0.2, 0.25) is 9.05 Å². The topological polar surface area (TPSA) is 43.4 Å². The molecule has 0 saturated heterocycles. The fourth-order valence-corrected chi connectivity index (χ4v) is 0.721. The zero-order chi connectivity index (χ0) is 8.20. The van der Waals surface area contributed by atoms with Crippen molar-refractivity contribution in [3.63, 3.8) is 0 Å². The summed E-state index contributed by atoms with van der Waals surface area (Å²) >= 11 is 0. The number of hydrogen-bond acceptors (Lipinski definition) is 3. The van der Waals surface area contributed by atoms with Gasteiger partial charge in [-0.2, -0.15) is 8.78 Å². The quantitative estimate of drug-likeness (QED) is 0.622. The van der Waals surface area contributed by atoms with Gasteiger partial charge in [-0.1, -0.05) is 0 Å². The van der Waals surface area contributed by atoms with Gasteiger partial charge in [-0.25, -0.2) is 8.42 Å². The Morgan fingerprint density at radius 2 is 2.00 bits per heavy atom. The minimum Gasteiger partial charge on any atom is -0.322 e. The van der Waals surface area contributed by atoms with Crippen molar-refractivity contribution in [3.05, 3.63) is 0 Å². The smallest absolute Gasteiger partial charge is 0.322 e. The second-order valence-electron chi connectivity index (χ2n) is 1.37. The molecule has 0 aliphatic heterocycles. The molecule has 0 radical (unpaired) electrons. The Morgan fingerprint density at radius 1 is 1.50 bits per heavy atom. The zero-order valence-electron chi connectivity index (χ0n) is 4.76. The average Bonchev–Trinajstić information content (AvgIpc) is 1.59. The van der Waals surface area contributed by atoms with Crippen LogP contribution in [-0.4, -0.2) is 27.4 Å². The summed E-state index contributed by atoms with van der Waals surface area (Å²) in [5.41, 5.74) is 0. The maximum atomic E-state index is 11.1. The molecule has 10 heavy (non-hydrogen) atoms. The van der Waals surface area contributed by atoms with Gasteiger partial charge in [0.25, 0.3) is 0 Å². The van der Waals surface area contributed by atoms with E-state index in [0.717, 1.165) is 0 Å². The molecule has 0 fully saturated rings. The molecule has 3 nitrogen and oxygen atoms in total. The van der Waals surface area contributed by atoms with Gasteiger partial charge in [-0.05, 0) is 0 Å². The molecule has 0 aliphatic rings. The van der Waals surface area contributed by atoms with E-state index in [-0.39, 0.29) is 0 Å². The lowest BCUT2D eigenvalue weighted by atomic mass is 10.9. The first-order valence-corrected chi connectivity index (χ1v) is 4.72. The summed E-state index contributed by atoms with van der Waals surface area (Å²) in [7, 11) is 0.958. The van der Waals surface area contributed by atoms with Crippen LogP contribution in [0.25, 0.3) is 0 Å². The third kappa shape index (κ3) is 8.06. The molecule has 62 valence electrons. The Bertz CT molecular complexity index is 178. The third-order valence-corrected chi connectivity index (χ3v) is 1.69. The van der Waals surface area contributed by atoms with Gasteiger partial charge in [-0.15, -0.1) is 0 Å². The van der Waals surface area contributed by atoms with E-state index >= 15 is 0 Å².